The number of ketones is 1. The van der Waals surface area contributed by atoms with Crippen LogP contribution in [0.5, 0.6) is 0 Å². The van der Waals surface area contributed by atoms with E-state index in [-0.39, 0.29) is 25.1 Å². The second-order valence-electron chi connectivity index (χ2n) is 7.33. The van der Waals surface area contributed by atoms with Crippen LogP contribution in [0.2, 0.25) is 0 Å². The Bertz CT molecular complexity index is 408. The van der Waals surface area contributed by atoms with Gasteiger partial charge in [-0.05, 0) is 70.1 Å². The summed E-state index contributed by atoms with van der Waals surface area (Å²) >= 11 is 0. The first-order chi connectivity index (χ1) is 12.1. The molecule has 0 heterocycles. The van der Waals surface area contributed by atoms with Crippen LogP contribution in [0.15, 0.2) is 0 Å². The topological polar surface area (TPSA) is 71.1 Å². The molecule has 6 nitrogen and oxygen atoms in total. The summed E-state index contributed by atoms with van der Waals surface area (Å²) in [7, 11) is 1.66. The number of Topliss-reactive ketones (excluding diaryl/α,β-unsaturated/α-hetero) is 1. The minimum Gasteiger partial charge on any atom is -0.438 e. The quantitative estimate of drug-likeness (QED) is 0.359. The van der Waals surface area contributed by atoms with Crippen molar-refractivity contribution in [2.75, 3.05) is 20.7 Å². The second-order valence-corrected chi connectivity index (χ2v) is 7.33. The number of esters is 1. The van der Waals surface area contributed by atoms with E-state index in [0.717, 1.165) is 37.5 Å². The van der Waals surface area contributed by atoms with E-state index in [1.807, 2.05) is 0 Å². The van der Waals surface area contributed by atoms with Gasteiger partial charge in [0.25, 0.3) is 0 Å². The fourth-order valence-electron chi connectivity index (χ4n) is 4.07. The van der Waals surface area contributed by atoms with Gasteiger partial charge in [-0.25, -0.2) is 0 Å². The van der Waals surface area contributed by atoms with Crippen molar-refractivity contribution in [3.8, 4) is 0 Å². The summed E-state index contributed by atoms with van der Waals surface area (Å²) in [6.07, 6.45) is 9.52. The van der Waals surface area contributed by atoms with Gasteiger partial charge in [-0.2, -0.15) is 0 Å². The molecule has 2 rings (SSSR count). The highest BCUT2D eigenvalue weighted by Gasteiger charge is 2.31. The normalized spacial score (nSPS) is 30.0. The third kappa shape index (κ3) is 7.42. The van der Waals surface area contributed by atoms with Gasteiger partial charge < -0.3 is 18.9 Å². The number of hydrogen-bond donors (Lipinski definition) is 0. The third-order valence-corrected chi connectivity index (χ3v) is 5.44. The fourth-order valence-corrected chi connectivity index (χ4v) is 4.07. The van der Waals surface area contributed by atoms with E-state index >= 15 is 0 Å². The lowest BCUT2D eigenvalue weighted by Crippen LogP contribution is -2.31. The van der Waals surface area contributed by atoms with E-state index in [4.69, 9.17) is 18.9 Å². The SMILES string of the molecule is COCOC1CCC(C2CCC(OCOC(=O)CC(C)=O)CC2)CC1. The van der Waals surface area contributed by atoms with Gasteiger partial charge in [-0.3, -0.25) is 9.59 Å². The molecule has 0 aromatic rings. The number of ether oxygens (including phenoxy) is 4. The van der Waals surface area contributed by atoms with Gasteiger partial charge in [0.05, 0.1) is 12.2 Å². The summed E-state index contributed by atoms with van der Waals surface area (Å²) in [6.45, 7) is 1.73. The van der Waals surface area contributed by atoms with Crippen molar-refractivity contribution in [2.24, 2.45) is 11.8 Å². The average Bonchev–Trinajstić information content (AvgIpc) is 2.60. The molecule has 6 heteroatoms. The molecule has 0 spiro atoms. The first-order valence-electron chi connectivity index (χ1n) is 9.45. The van der Waals surface area contributed by atoms with Crippen molar-refractivity contribution in [3.05, 3.63) is 0 Å². The molecule has 25 heavy (non-hydrogen) atoms. The Morgan fingerprint density at radius 2 is 1.28 bits per heavy atom. The Labute approximate surface area is 150 Å². The predicted octanol–water partition coefficient (Wildman–Crippen LogP) is 3.22. The highest BCUT2D eigenvalue weighted by molar-refractivity contribution is 5.94. The molecule has 2 aliphatic rings. The molecule has 0 bridgehead atoms. The number of rotatable bonds is 9. The number of methoxy groups -OCH3 is 1. The van der Waals surface area contributed by atoms with Crippen LogP contribution in [0.3, 0.4) is 0 Å². The zero-order valence-corrected chi connectivity index (χ0v) is 15.5. The van der Waals surface area contributed by atoms with Gasteiger partial charge in [0, 0.05) is 7.11 Å². The molecule has 0 aromatic heterocycles. The maximum atomic E-state index is 11.3. The molecule has 0 aromatic carbocycles. The van der Waals surface area contributed by atoms with Crippen molar-refractivity contribution in [3.63, 3.8) is 0 Å². The Balaban J connectivity index is 1.57. The standard InChI is InChI=1S/C19H32O6/c1-14(20)11-19(21)25-13-24-18-9-5-16(6-10-18)15-3-7-17(8-4-15)23-12-22-2/h15-18H,3-13H2,1-2H3. The second kappa shape index (κ2) is 10.9. The van der Waals surface area contributed by atoms with E-state index in [1.165, 1.54) is 32.6 Å². The van der Waals surface area contributed by atoms with Crippen molar-refractivity contribution >= 4 is 11.8 Å². The number of hydrogen-bond acceptors (Lipinski definition) is 6. The first-order valence-corrected chi connectivity index (χ1v) is 9.45. The third-order valence-electron chi connectivity index (χ3n) is 5.44. The van der Waals surface area contributed by atoms with Gasteiger partial charge >= 0.3 is 5.97 Å². The van der Waals surface area contributed by atoms with Crippen molar-refractivity contribution in [1.82, 2.24) is 0 Å². The van der Waals surface area contributed by atoms with Crippen LogP contribution < -0.4 is 0 Å². The highest BCUT2D eigenvalue weighted by Crippen LogP contribution is 2.39. The lowest BCUT2D eigenvalue weighted by atomic mass is 9.72. The smallest absolute Gasteiger partial charge is 0.315 e. The van der Waals surface area contributed by atoms with E-state index in [0.29, 0.717) is 12.9 Å². The maximum absolute atomic E-state index is 11.3. The minimum absolute atomic E-state index is 0.0383. The van der Waals surface area contributed by atoms with Gasteiger partial charge in [-0.1, -0.05) is 0 Å². The van der Waals surface area contributed by atoms with Crippen LogP contribution in [0.25, 0.3) is 0 Å². The number of carbonyl (C=O) groups is 2. The molecule has 2 aliphatic carbocycles. The van der Waals surface area contributed by atoms with Crippen LogP contribution in [0, 0.1) is 11.8 Å². The molecule has 0 aliphatic heterocycles. The molecule has 0 radical (unpaired) electrons. The van der Waals surface area contributed by atoms with E-state index in [1.54, 1.807) is 7.11 Å². The van der Waals surface area contributed by atoms with Crippen LogP contribution in [0.4, 0.5) is 0 Å². The molecule has 0 amide bonds. The molecule has 0 atom stereocenters. The predicted molar refractivity (Wildman–Crippen MR) is 91.8 cm³/mol. The monoisotopic (exact) mass is 356 g/mol. The zero-order chi connectivity index (χ0) is 18.1. The Morgan fingerprint density at radius 1 is 0.800 bits per heavy atom. The Kier molecular flexibility index (Phi) is 8.85. The Morgan fingerprint density at radius 3 is 1.72 bits per heavy atom. The van der Waals surface area contributed by atoms with Crippen molar-refractivity contribution in [2.45, 2.75) is 76.9 Å². The molecule has 144 valence electrons. The molecule has 0 saturated heterocycles. The largest absolute Gasteiger partial charge is 0.438 e. The summed E-state index contributed by atoms with van der Waals surface area (Å²) in [5.74, 6) is 0.890. The van der Waals surface area contributed by atoms with E-state index < -0.39 is 5.97 Å². The van der Waals surface area contributed by atoms with Gasteiger partial charge in [0.2, 0.25) is 0 Å². The van der Waals surface area contributed by atoms with E-state index in [9.17, 15) is 9.59 Å². The minimum atomic E-state index is -0.506. The maximum Gasteiger partial charge on any atom is 0.315 e. The van der Waals surface area contributed by atoms with Gasteiger partial charge in [-0.15, -0.1) is 0 Å². The summed E-state index contributed by atoms with van der Waals surface area (Å²) in [5.41, 5.74) is 0. The fraction of sp³-hybridized carbons (Fsp3) is 0.895. The average molecular weight is 356 g/mol. The van der Waals surface area contributed by atoms with Crippen LogP contribution in [-0.2, 0) is 28.5 Å². The van der Waals surface area contributed by atoms with Crippen LogP contribution >= 0.6 is 0 Å². The van der Waals surface area contributed by atoms with Crippen LogP contribution in [0.1, 0.15) is 64.7 Å². The zero-order valence-electron chi connectivity index (χ0n) is 15.5. The molecule has 2 saturated carbocycles. The Hall–Kier alpha value is -0.980. The van der Waals surface area contributed by atoms with Gasteiger partial charge in [0.15, 0.2) is 6.79 Å². The lowest BCUT2D eigenvalue weighted by Gasteiger charge is -2.37. The molecule has 0 unspecified atom stereocenters. The molecular weight excluding hydrogens is 324 g/mol. The molecule has 0 N–H and O–H groups in total. The van der Waals surface area contributed by atoms with Crippen LogP contribution in [-0.4, -0.2) is 44.7 Å². The van der Waals surface area contributed by atoms with Crippen molar-refractivity contribution in [1.29, 1.82) is 0 Å². The molecule has 2 fully saturated rings. The highest BCUT2D eigenvalue weighted by atomic mass is 16.7. The number of carbonyl (C=O) groups excluding carboxylic acids is 2. The summed E-state index contributed by atoms with van der Waals surface area (Å²) < 4.78 is 21.2. The summed E-state index contributed by atoms with van der Waals surface area (Å²) in [4.78, 5) is 22.1. The molecular formula is C19H32O6. The first kappa shape index (κ1) is 20.3. The van der Waals surface area contributed by atoms with Gasteiger partial charge in [0.1, 0.15) is 19.0 Å². The van der Waals surface area contributed by atoms with E-state index in [2.05, 4.69) is 0 Å². The summed E-state index contributed by atoms with van der Waals surface area (Å²) in [5, 5.41) is 0. The van der Waals surface area contributed by atoms with Crippen molar-refractivity contribution < 1.29 is 28.5 Å². The lowest BCUT2D eigenvalue weighted by molar-refractivity contribution is -0.163. The summed E-state index contributed by atoms with van der Waals surface area (Å²) in [6, 6.07) is 0.